The number of halogens is 1. The van der Waals surface area contributed by atoms with Crippen molar-refractivity contribution >= 4 is 33.9 Å². The van der Waals surface area contributed by atoms with E-state index in [1.54, 1.807) is 10.4 Å². The van der Waals surface area contributed by atoms with Gasteiger partial charge in [-0.15, -0.1) is 11.3 Å². The van der Waals surface area contributed by atoms with Gasteiger partial charge in [0.1, 0.15) is 0 Å². The van der Waals surface area contributed by atoms with Crippen molar-refractivity contribution in [1.29, 1.82) is 0 Å². The molecule has 1 unspecified atom stereocenters. The van der Waals surface area contributed by atoms with Crippen LogP contribution in [0.4, 0.5) is 0 Å². The highest BCUT2D eigenvalue weighted by Gasteiger charge is 2.21. The zero-order valence-corrected chi connectivity index (χ0v) is 14.9. The third-order valence-corrected chi connectivity index (χ3v) is 5.36. The van der Waals surface area contributed by atoms with Gasteiger partial charge in [-0.1, -0.05) is 13.8 Å². The van der Waals surface area contributed by atoms with E-state index in [4.69, 9.17) is 4.74 Å². The maximum absolute atomic E-state index is 5.62. The molecule has 0 aromatic carbocycles. The molecule has 0 aliphatic heterocycles. The molecule has 1 heterocycles. The topological polar surface area (TPSA) is 21.3 Å². The fourth-order valence-electron chi connectivity index (χ4n) is 2.50. The molecule has 108 valence electrons. The van der Waals surface area contributed by atoms with Crippen LogP contribution in [0.25, 0.3) is 0 Å². The molecule has 0 spiro atoms. The largest absolute Gasteiger partial charge is 0.381 e. The summed E-state index contributed by atoms with van der Waals surface area (Å²) in [5.74, 6) is 0.641. The molecule has 0 saturated heterocycles. The fourth-order valence-corrected chi connectivity index (χ4v) is 4.62. The Morgan fingerprint density at radius 2 is 2.37 bits per heavy atom. The number of ether oxygens (including phenoxy) is 1. The van der Waals surface area contributed by atoms with Crippen LogP contribution in [0.3, 0.4) is 0 Å². The van der Waals surface area contributed by atoms with Crippen LogP contribution in [-0.4, -0.2) is 19.8 Å². The Labute approximate surface area is 134 Å². The van der Waals surface area contributed by atoms with Gasteiger partial charge in [0.2, 0.25) is 0 Å². The highest BCUT2D eigenvalue weighted by molar-refractivity contribution is 14.1. The Bertz CT molecular complexity index is 391. The van der Waals surface area contributed by atoms with Gasteiger partial charge in [-0.25, -0.2) is 0 Å². The second-order valence-electron chi connectivity index (χ2n) is 5.65. The van der Waals surface area contributed by atoms with Gasteiger partial charge in [0.25, 0.3) is 0 Å². The average molecular weight is 393 g/mol. The fraction of sp³-hybridized carbons (Fsp3) is 0.733. The van der Waals surface area contributed by atoms with Crippen LogP contribution in [0, 0.1) is 8.80 Å². The molecule has 1 aromatic rings. The summed E-state index contributed by atoms with van der Waals surface area (Å²) < 4.78 is 7.05. The van der Waals surface area contributed by atoms with Gasteiger partial charge < -0.3 is 10.1 Å². The molecule has 0 saturated carbocycles. The molecule has 0 radical (unpaired) electrons. The first-order valence-corrected chi connectivity index (χ1v) is 9.15. The minimum absolute atomic E-state index is 0.577. The number of nitrogens with one attached hydrogen (secondary N) is 1. The SMILES string of the molecule is CC(C)COCCCNC1CCCc2sc(I)cc21. The van der Waals surface area contributed by atoms with Crippen LogP contribution >= 0.6 is 33.9 Å². The van der Waals surface area contributed by atoms with Crippen molar-refractivity contribution in [2.45, 2.75) is 45.6 Å². The smallest absolute Gasteiger partial charge is 0.0659 e. The second kappa shape index (κ2) is 7.96. The number of thiophene rings is 1. The minimum Gasteiger partial charge on any atom is -0.381 e. The maximum atomic E-state index is 5.62. The van der Waals surface area contributed by atoms with Gasteiger partial charge in [0.15, 0.2) is 0 Å². The lowest BCUT2D eigenvalue weighted by atomic mass is 9.94. The summed E-state index contributed by atoms with van der Waals surface area (Å²) in [6, 6.07) is 2.95. The molecule has 1 N–H and O–H groups in total. The van der Waals surface area contributed by atoms with E-state index >= 15 is 0 Å². The van der Waals surface area contributed by atoms with Crippen LogP contribution in [0.15, 0.2) is 6.07 Å². The van der Waals surface area contributed by atoms with Crippen molar-refractivity contribution in [1.82, 2.24) is 5.32 Å². The van der Waals surface area contributed by atoms with E-state index in [1.165, 1.54) is 22.1 Å². The lowest BCUT2D eigenvalue weighted by molar-refractivity contribution is 0.107. The quantitative estimate of drug-likeness (QED) is 0.548. The van der Waals surface area contributed by atoms with Crippen molar-refractivity contribution in [3.8, 4) is 0 Å². The third kappa shape index (κ3) is 4.99. The number of aryl methyl sites for hydroxylation is 1. The summed E-state index contributed by atoms with van der Waals surface area (Å²) >= 11 is 4.41. The molecule has 1 aliphatic carbocycles. The van der Waals surface area contributed by atoms with Crippen LogP contribution < -0.4 is 5.32 Å². The third-order valence-electron chi connectivity index (χ3n) is 3.39. The normalized spacial score (nSPS) is 18.8. The zero-order valence-electron chi connectivity index (χ0n) is 11.9. The first-order valence-electron chi connectivity index (χ1n) is 7.26. The van der Waals surface area contributed by atoms with Crippen LogP contribution in [0.5, 0.6) is 0 Å². The summed E-state index contributed by atoms with van der Waals surface area (Å²) in [5.41, 5.74) is 1.56. The van der Waals surface area contributed by atoms with Crippen LogP contribution in [-0.2, 0) is 11.2 Å². The molecular formula is C15H24INOS. The van der Waals surface area contributed by atoms with Gasteiger partial charge in [-0.3, -0.25) is 0 Å². The van der Waals surface area contributed by atoms with Gasteiger partial charge in [0.05, 0.1) is 2.88 Å². The van der Waals surface area contributed by atoms with Crippen LogP contribution in [0.1, 0.15) is 49.6 Å². The molecule has 1 aromatic heterocycles. The molecule has 0 fully saturated rings. The number of rotatable bonds is 7. The van der Waals surface area contributed by atoms with E-state index in [1.807, 2.05) is 11.3 Å². The van der Waals surface area contributed by atoms with Crippen molar-refractivity contribution in [2.75, 3.05) is 19.8 Å². The molecule has 19 heavy (non-hydrogen) atoms. The molecule has 2 nitrogen and oxygen atoms in total. The molecular weight excluding hydrogens is 369 g/mol. The van der Waals surface area contributed by atoms with E-state index in [9.17, 15) is 0 Å². The summed E-state index contributed by atoms with van der Waals surface area (Å²) in [7, 11) is 0. The van der Waals surface area contributed by atoms with Gasteiger partial charge >= 0.3 is 0 Å². The first-order chi connectivity index (χ1) is 9.16. The average Bonchev–Trinajstić information content (AvgIpc) is 2.74. The van der Waals surface area contributed by atoms with Crippen molar-refractivity contribution in [3.05, 3.63) is 19.4 Å². The minimum atomic E-state index is 0.577. The Morgan fingerprint density at radius 3 is 3.16 bits per heavy atom. The zero-order chi connectivity index (χ0) is 13.7. The molecule has 2 rings (SSSR count). The molecule has 0 amide bonds. The standard InChI is InChI=1S/C15H24INOS/c1-11(2)10-18-8-4-7-17-13-5-3-6-14-12(13)9-15(16)19-14/h9,11,13,17H,3-8,10H2,1-2H3. The predicted octanol–water partition coefficient (Wildman–Crippen LogP) is 4.38. The van der Waals surface area contributed by atoms with Crippen molar-refractivity contribution in [2.24, 2.45) is 5.92 Å². The lowest BCUT2D eigenvalue weighted by Crippen LogP contribution is -2.26. The highest BCUT2D eigenvalue weighted by atomic mass is 127. The lowest BCUT2D eigenvalue weighted by Gasteiger charge is -2.23. The van der Waals surface area contributed by atoms with Gasteiger partial charge in [-0.05, 0) is 72.4 Å². The Kier molecular flexibility index (Phi) is 6.59. The van der Waals surface area contributed by atoms with Crippen molar-refractivity contribution in [3.63, 3.8) is 0 Å². The van der Waals surface area contributed by atoms with Crippen LogP contribution in [0.2, 0.25) is 0 Å². The monoisotopic (exact) mass is 393 g/mol. The molecule has 0 bridgehead atoms. The molecule has 1 atom stereocenters. The predicted molar refractivity (Wildman–Crippen MR) is 91.0 cm³/mol. The summed E-state index contributed by atoms with van der Waals surface area (Å²) in [6.07, 6.45) is 5.00. The van der Waals surface area contributed by atoms with E-state index in [0.29, 0.717) is 12.0 Å². The Hall–Kier alpha value is 0.350. The highest BCUT2D eigenvalue weighted by Crippen LogP contribution is 2.36. The summed E-state index contributed by atoms with van der Waals surface area (Å²) in [4.78, 5) is 1.60. The molecule has 1 aliphatic rings. The van der Waals surface area contributed by atoms with E-state index in [0.717, 1.165) is 26.2 Å². The van der Waals surface area contributed by atoms with E-state index in [-0.39, 0.29) is 0 Å². The van der Waals surface area contributed by atoms with Crippen molar-refractivity contribution < 1.29 is 4.74 Å². The number of hydrogen-bond donors (Lipinski definition) is 1. The summed E-state index contributed by atoms with van der Waals surface area (Å²) in [5, 5.41) is 3.70. The number of fused-ring (bicyclic) bond motifs is 1. The van der Waals surface area contributed by atoms with Gasteiger partial charge in [0, 0.05) is 24.1 Å². The Balaban J connectivity index is 1.69. The Morgan fingerprint density at radius 1 is 1.53 bits per heavy atom. The second-order valence-corrected chi connectivity index (χ2v) is 8.68. The maximum Gasteiger partial charge on any atom is 0.0659 e. The van der Waals surface area contributed by atoms with Gasteiger partial charge in [-0.2, -0.15) is 0 Å². The van der Waals surface area contributed by atoms with E-state index in [2.05, 4.69) is 47.8 Å². The van der Waals surface area contributed by atoms with E-state index < -0.39 is 0 Å². The molecule has 4 heteroatoms. The first kappa shape index (κ1) is 15.7. The number of hydrogen-bond acceptors (Lipinski definition) is 3. The summed E-state index contributed by atoms with van der Waals surface area (Å²) in [6.45, 7) is 7.22.